The molecule has 0 amide bonds. The van der Waals surface area contributed by atoms with E-state index in [2.05, 4.69) is 33.6 Å². The number of aryl methyl sites for hydroxylation is 1. The van der Waals surface area contributed by atoms with Crippen LogP contribution in [0.15, 0.2) is 59.5 Å². The average Bonchev–Trinajstić information content (AvgIpc) is 2.69. The molecule has 146 valence electrons. The molecule has 0 radical (unpaired) electrons. The molecule has 1 aliphatic heterocycles. The van der Waals surface area contributed by atoms with Crippen molar-refractivity contribution in [2.45, 2.75) is 24.8 Å². The number of piperazine rings is 1. The van der Waals surface area contributed by atoms with E-state index in [0.717, 1.165) is 43.9 Å². The first-order chi connectivity index (χ1) is 13.0. The third kappa shape index (κ3) is 4.96. The molecule has 0 aliphatic carbocycles. The lowest BCUT2D eigenvalue weighted by molar-refractivity contribution is 0.100. The molecule has 3 rings (SSSR count). The van der Waals surface area contributed by atoms with Crippen molar-refractivity contribution in [2.24, 2.45) is 0 Å². The molecule has 1 fully saturated rings. The molecule has 1 atom stereocenters. The molecule has 2 aromatic rings. The highest BCUT2D eigenvalue weighted by molar-refractivity contribution is 7.89. The van der Waals surface area contributed by atoms with Crippen molar-refractivity contribution in [3.05, 3.63) is 65.7 Å². The van der Waals surface area contributed by atoms with Crippen LogP contribution in [0.2, 0.25) is 0 Å². The smallest absolute Gasteiger partial charge is 0.240 e. The Kier molecular flexibility index (Phi) is 6.65. The number of rotatable bonds is 7. The Morgan fingerprint density at radius 2 is 1.59 bits per heavy atom. The molecular formula is C21H29N3O2S. The lowest BCUT2D eigenvalue weighted by Crippen LogP contribution is -2.49. The van der Waals surface area contributed by atoms with Gasteiger partial charge in [-0.05, 0) is 30.7 Å². The highest BCUT2D eigenvalue weighted by Crippen LogP contribution is 2.23. The van der Waals surface area contributed by atoms with Crippen LogP contribution in [-0.4, -0.2) is 57.5 Å². The molecular weight excluding hydrogens is 358 g/mol. The molecule has 1 heterocycles. The zero-order valence-corrected chi connectivity index (χ0v) is 17.0. The van der Waals surface area contributed by atoms with Gasteiger partial charge < -0.3 is 4.90 Å². The van der Waals surface area contributed by atoms with Crippen LogP contribution in [0.5, 0.6) is 0 Å². The molecule has 0 saturated carbocycles. The Hall–Kier alpha value is -1.73. The van der Waals surface area contributed by atoms with Crippen LogP contribution >= 0.6 is 0 Å². The molecule has 27 heavy (non-hydrogen) atoms. The summed E-state index contributed by atoms with van der Waals surface area (Å²) in [4.78, 5) is 5.17. The zero-order valence-electron chi connectivity index (χ0n) is 16.1. The van der Waals surface area contributed by atoms with Gasteiger partial charge in [0.25, 0.3) is 0 Å². The predicted octanol–water partition coefficient (Wildman–Crippen LogP) is 2.65. The van der Waals surface area contributed by atoms with Gasteiger partial charge in [-0.3, -0.25) is 4.90 Å². The van der Waals surface area contributed by atoms with Gasteiger partial charge in [0, 0.05) is 38.8 Å². The molecule has 6 heteroatoms. The van der Waals surface area contributed by atoms with Crippen molar-refractivity contribution < 1.29 is 8.42 Å². The molecule has 0 spiro atoms. The summed E-state index contributed by atoms with van der Waals surface area (Å²) < 4.78 is 28.5. The summed E-state index contributed by atoms with van der Waals surface area (Å²) in [6, 6.07) is 17.3. The zero-order chi connectivity index (χ0) is 19.3. The fraction of sp³-hybridized carbons (Fsp3) is 0.429. The van der Waals surface area contributed by atoms with Crippen molar-refractivity contribution in [1.82, 2.24) is 14.5 Å². The largest absolute Gasteiger partial charge is 0.301 e. The molecule has 2 aromatic carbocycles. The standard InChI is InChI=1S/C21H29N3O2S/c1-3-23-13-15-24(16-14-23)20(19-10-5-4-6-11-19)17-22-27(25,26)21-12-8-7-9-18(21)2/h4-12,20,22H,3,13-17H2,1-2H3. The molecule has 0 bridgehead atoms. The first-order valence-corrected chi connectivity index (χ1v) is 11.1. The van der Waals surface area contributed by atoms with E-state index in [1.807, 2.05) is 37.3 Å². The minimum atomic E-state index is -3.54. The second-order valence-electron chi connectivity index (χ2n) is 7.01. The Morgan fingerprint density at radius 3 is 2.22 bits per heavy atom. The summed E-state index contributed by atoms with van der Waals surface area (Å²) in [7, 11) is -3.54. The highest BCUT2D eigenvalue weighted by Gasteiger charge is 2.26. The fourth-order valence-corrected chi connectivity index (χ4v) is 4.93. The highest BCUT2D eigenvalue weighted by atomic mass is 32.2. The SMILES string of the molecule is CCN1CCN(C(CNS(=O)(=O)c2ccccc2C)c2ccccc2)CC1. The average molecular weight is 388 g/mol. The van der Waals surface area contributed by atoms with Crippen molar-refractivity contribution in [3.63, 3.8) is 0 Å². The van der Waals surface area contributed by atoms with Crippen LogP contribution in [0.25, 0.3) is 0 Å². The molecule has 1 aliphatic rings. The Bertz CT molecular complexity index is 832. The number of hydrogen-bond acceptors (Lipinski definition) is 4. The minimum Gasteiger partial charge on any atom is -0.301 e. The monoisotopic (exact) mass is 387 g/mol. The Labute approximate surface area is 163 Å². The van der Waals surface area contributed by atoms with Gasteiger partial charge >= 0.3 is 0 Å². The maximum atomic E-state index is 12.8. The van der Waals surface area contributed by atoms with Gasteiger partial charge in [-0.25, -0.2) is 13.1 Å². The van der Waals surface area contributed by atoms with E-state index in [0.29, 0.717) is 11.4 Å². The fourth-order valence-electron chi connectivity index (χ4n) is 3.65. The topological polar surface area (TPSA) is 52.6 Å². The summed E-state index contributed by atoms with van der Waals surface area (Å²) in [5.74, 6) is 0. The molecule has 5 nitrogen and oxygen atoms in total. The quantitative estimate of drug-likeness (QED) is 0.794. The lowest BCUT2D eigenvalue weighted by atomic mass is 10.0. The van der Waals surface area contributed by atoms with E-state index in [4.69, 9.17) is 0 Å². The van der Waals surface area contributed by atoms with Crippen LogP contribution < -0.4 is 4.72 Å². The van der Waals surface area contributed by atoms with Gasteiger partial charge in [-0.2, -0.15) is 0 Å². The van der Waals surface area contributed by atoms with E-state index < -0.39 is 10.0 Å². The van der Waals surface area contributed by atoms with Gasteiger partial charge in [0.1, 0.15) is 0 Å². The van der Waals surface area contributed by atoms with E-state index in [-0.39, 0.29) is 6.04 Å². The van der Waals surface area contributed by atoms with Gasteiger partial charge in [0.15, 0.2) is 0 Å². The molecule has 1 unspecified atom stereocenters. The Balaban J connectivity index is 1.77. The number of nitrogens with one attached hydrogen (secondary N) is 1. The molecule has 0 aromatic heterocycles. The van der Waals surface area contributed by atoms with Crippen LogP contribution in [0.3, 0.4) is 0 Å². The van der Waals surface area contributed by atoms with E-state index in [1.165, 1.54) is 0 Å². The third-order valence-electron chi connectivity index (χ3n) is 5.33. The van der Waals surface area contributed by atoms with Crippen molar-refractivity contribution in [2.75, 3.05) is 39.3 Å². The summed E-state index contributed by atoms with van der Waals surface area (Å²) >= 11 is 0. The van der Waals surface area contributed by atoms with Crippen molar-refractivity contribution in [1.29, 1.82) is 0 Å². The second-order valence-corrected chi connectivity index (χ2v) is 8.75. The van der Waals surface area contributed by atoms with Gasteiger partial charge in [-0.15, -0.1) is 0 Å². The summed E-state index contributed by atoms with van der Waals surface area (Å²) in [6.45, 7) is 9.36. The number of nitrogens with zero attached hydrogens (tertiary/aromatic N) is 2. The lowest BCUT2D eigenvalue weighted by Gasteiger charge is -2.39. The maximum absolute atomic E-state index is 12.8. The van der Waals surface area contributed by atoms with Crippen molar-refractivity contribution >= 4 is 10.0 Å². The number of likely N-dealkylation sites (N-methyl/N-ethyl adjacent to an activating group) is 1. The summed E-state index contributed by atoms with van der Waals surface area (Å²) in [6.07, 6.45) is 0. The number of benzene rings is 2. The maximum Gasteiger partial charge on any atom is 0.240 e. The first-order valence-electron chi connectivity index (χ1n) is 9.58. The van der Waals surface area contributed by atoms with E-state index in [1.54, 1.807) is 12.1 Å². The molecule has 1 N–H and O–H groups in total. The van der Waals surface area contributed by atoms with Gasteiger partial charge in [0.05, 0.1) is 4.90 Å². The normalized spacial score (nSPS) is 17.7. The van der Waals surface area contributed by atoms with Crippen molar-refractivity contribution in [3.8, 4) is 0 Å². The molecule has 1 saturated heterocycles. The van der Waals surface area contributed by atoms with E-state index in [9.17, 15) is 8.42 Å². The van der Waals surface area contributed by atoms with Crippen LogP contribution in [0, 0.1) is 6.92 Å². The van der Waals surface area contributed by atoms with E-state index >= 15 is 0 Å². The first kappa shape index (κ1) is 20.0. The number of sulfonamides is 1. The minimum absolute atomic E-state index is 0.0315. The number of hydrogen-bond donors (Lipinski definition) is 1. The van der Waals surface area contributed by atoms with Crippen LogP contribution in [0.4, 0.5) is 0 Å². The summed E-state index contributed by atoms with van der Waals surface area (Å²) in [5.41, 5.74) is 1.91. The van der Waals surface area contributed by atoms with Gasteiger partial charge in [-0.1, -0.05) is 55.5 Å². The third-order valence-corrected chi connectivity index (χ3v) is 6.91. The Morgan fingerprint density at radius 1 is 0.963 bits per heavy atom. The van der Waals surface area contributed by atoms with Crippen LogP contribution in [-0.2, 0) is 10.0 Å². The van der Waals surface area contributed by atoms with Gasteiger partial charge in [0.2, 0.25) is 10.0 Å². The summed E-state index contributed by atoms with van der Waals surface area (Å²) in [5, 5.41) is 0. The van der Waals surface area contributed by atoms with Crippen LogP contribution in [0.1, 0.15) is 24.1 Å². The second kappa shape index (κ2) is 8.97. The predicted molar refractivity (Wildman–Crippen MR) is 109 cm³/mol.